The number of piperidine rings is 1. The minimum absolute atomic E-state index is 0.129. The van der Waals surface area contributed by atoms with Crippen molar-refractivity contribution >= 4 is 44.6 Å². The predicted octanol–water partition coefficient (Wildman–Crippen LogP) is 5.61. The first-order chi connectivity index (χ1) is 15.0. The molecule has 1 fully saturated rings. The van der Waals surface area contributed by atoms with Gasteiger partial charge in [0, 0.05) is 24.7 Å². The van der Waals surface area contributed by atoms with E-state index in [9.17, 15) is 0 Å². The summed E-state index contributed by atoms with van der Waals surface area (Å²) in [6.07, 6.45) is 5.16. The van der Waals surface area contributed by atoms with Crippen LogP contribution in [0.3, 0.4) is 0 Å². The number of nitrogens with two attached hydrogens (primary N) is 1. The van der Waals surface area contributed by atoms with Crippen molar-refractivity contribution in [3.8, 4) is 11.3 Å². The average molecular weight is 470 g/mol. The van der Waals surface area contributed by atoms with Crippen LogP contribution < -0.4 is 10.6 Å². The molecule has 0 unspecified atom stereocenters. The zero-order chi connectivity index (χ0) is 21.2. The fraction of sp³-hybridized carbons (Fsp3) is 0.304. The number of benzene rings is 2. The highest BCUT2D eigenvalue weighted by molar-refractivity contribution is 7.20. The third-order valence-electron chi connectivity index (χ3n) is 6.88. The molecule has 0 radical (unpaired) electrons. The number of nitrogens with zero attached hydrogens (tertiary/aromatic N) is 4. The topological polar surface area (TPSA) is 59.5 Å². The van der Waals surface area contributed by atoms with Crippen LogP contribution in [0.25, 0.3) is 16.2 Å². The van der Waals surface area contributed by atoms with Gasteiger partial charge < -0.3 is 10.6 Å². The Morgan fingerprint density at radius 2 is 1.87 bits per heavy atom. The van der Waals surface area contributed by atoms with Crippen molar-refractivity contribution in [3.63, 3.8) is 0 Å². The van der Waals surface area contributed by atoms with Crippen molar-refractivity contribution in [1.29, 1.82) is 0 Å². The molecule has 1 saturated heterocycles. The van der Waals surface area contributed by atoms with E-state index in [2.05, 4.69) is 29.2 Å². The van der Waals surface area contributed by atoms with Crippen LogP contribution >= 0.6 is 34.5 Å². The molecule has 0 saturated carbocycles. The van der Waals surface area contributed by atoms with Gasteiger partial charge in [-0.15, -0.1) is 5.10 Å². The third-order valence-corrected chi connectivity index (χ3v) is 8.68. The normalized spacial score (nSPS) is 20.0. The molecule has 0 bridgehead atoms. The van der Waals surface area contributed by atoms with Gasteiger partial charge in [0.2, 0.25) is 10.1 Å². The Morgan fingerprint density at radius 3 is 2.65 bits per heavy atom. The summed E-state index contributed by atoms with van der Waals surface area (Å²) in [7, 11) is 0. The smallest absolute Gasteiger partial charge is 0.214 e. The second kappa shape index (κ2) is 7.20. The first-order valence-corrected chi connectivity index (χ1v) is 12.0. The molecule has 2 aromatic carbocycles. The minimum atomic E-state index is 0.129. The number of rotatable bonds is 2. The molecule has 0 amide bonds. The molecule has 6 rings (SSSR count). The summed E-state index contributed by atoms with van der Waals surface area (Å²) in [5.41, 5.74) is 11.2. The van der Waals surface area contributed by atoms with Gasteiger partial charge in [-0.2, -0.15) is 0 Å². The van der Waals surface area contributed by atoms with Crippen LogP contribution in [0.1, 0.15) is 30.0 Å². The Kier molecular flexibility index (Phi) is 4.54. The van der Waals surface area contributed by atoms with Crippen molar-refractivity contribution in [2.45, 2.75) is 25.3 Å². The van der Waals surface area contributed by atoms with E-state index in [1.165, 1.54) is 11.1 Å². The van der Waals surface area contributed by atoms with Crippen molar-refractivity contribution < 1.29 is 0 Å². The lowest BCUT2D eigenvalue weighted by molar-refractivity contribution is 0.187. The number of aromatic nitrogens is 3. The van der Waals surface area contributed by atoms with E-state index in [0.29, 0.717) is 10.0 Å². The summed E-state index contributed by atoms with van der Waals surface area (Å²) < 4.78 is 1.84. The van der Waals surface area contributed by atoms with E-state index >= 15 is 0 Å². The van der Waals surface area contributed by atoms with Crippen molar-refractivity contribution in [3.05, 3.63) is 69.8 Å². The van der Waals surface area contributed by atoms with Gasteiger partial charge in [-0.05, 0) is 41.9 Å². The molecule has 3 heterocycles. The van der Waals surface area contributed by atoms with Crippen molar-refractivity contribution in [2.75, 3.05) is 18.0 Å². The van der Waals surface area contributed by atoms with Gasteiger partial charge in [-0.25, -0.2) is 9.50 Å². The summed E-state index contributed by atoms with van der Waals surface area (Å²) in [6, 6.07) is 14.4. The Labute approximate surface area is 194 Å². The van der Waals surface area contributed by atoms with Crippen LogP contribution in [0.15, 0.2) is 48.7 Å². The molecular weight excluding hydrogens is 449 g/mol. The molecule has 1 spiro atoms. The standard InChI is InChI=1S/C23H21Cl2N5S/c24-17-7-3-6-16(19(17)25)18-13-30-21(27-18)31-22(28-30)29-10-8-23(9-11-29)12-14-4-1-2-5-15(14)20(23)26/h1-7,13,20H,8-12,26H2/t20-/m1/s1. The van der Waals surface area contributed by atoms with Crippen molar-refractivity contribution in [2.24, 2.45) is 11.1 Å². The fourth-order valence-corrected chi connectivity index (χ4v) is 6.43. The van der Waals surface area contributed by atoms with E-state index in [4.69, 9.17) is 39.0 Å². The molecule has 2 aliphatic rings. The highest BCUT2D eigenvalue weighted by Gasteiger charge is 2.46. The second-order valence-electron chi connectivity index (χ2n) is 8.54. The van der Waals surface area contributed by atoms with Gasteiger partial charge in [0.15, 0.2) is 0 Å². The predicted molar refractivity (Wildman–Crippen MR) is 127 cm³/mol. The molecule has 4 aromatic rings. The SMILES string of the molecule is N[C@@H]1c2ccccc2CC12CCN(c1nn3cc(-c4cccc(Cl)c4Cl)nc3s1)CC2. The number of fused-ring (bicyclic) bond motifs is 2. The van der Waals surface area contributed by atoms with E-state index in [-0.39, 0.29) is 11.5 Å². The molecule has 1 aliphatic heterocycles. The van der Waals surface area contributed by atoms with Gasteiger partial charge >= 0.3 is 0 Å². The molecular formula is C23H21Cl2N5S. The van der Waals surface area contributed by atoms with Crippen molar-refractivity contribution in [1.82, 2.24) is 14.6 Å². The van der Waals surface area contributed by atoms with E-state index < -0.39 is 0 Å². The van der Waals surface area contributed by atoms with Crippen LogP contribution in [-0.2, 0) is 6.42 Å². The van der Waals surface area contributed by atoms with Crippen LogP contribution in [0.2, 0.25) is 10.0 Å². The molecule has 2 aromatic heterocycles. The molecule has 158 valence electrons. The summed E-state index contributed by atoms with van der Waals surface area (Å²) in [5, 5.41) is 6.85. The highest BCUT2D eigenvalue weighted by atomic mass is 35.5. The largest absolute Gasteiger partial charge is 0.347 e. The van der Waals surface area contributed by atoms with Gasteiger partial charge in [0.05, 0.1) is 21.9 Å². The average Bonchev–Trinajstić information content (AvgIpc) is 3.42. The third kappa shape index (κ3) is 3.08. The molecule has 1 aliphatic carbocycles. The second-order valence-corrected chi connectivity index (χ2v) is 10.3. The molecule has 8 heteroatoms. The van der Waals surface area contributed by atoms with E-state index in [1.54, 1.807) is 17.4 Å². The quantitative estimate of drug-likeness (QED) is 0.414. The maximum Gasteiger partial charge on any atom is 0.214 e. The van der Waals surface area contributed by atoms with Crippen LogP contribution in [0.4, 0.5) is 5.13 Å². The monoisotopic (exact) mass is 469 g/mol. The lowest BCUT2D eigenvalue weighted by Gasteiger charge is -2.42. The molecule has 2 N–H and O–H groups in total. The van der Waals surface area contributed by atoms with Gasteiger partial charge in [-0.3, -0.25) is 0 Å². The summed E-state index contributed by atoms with van der Waals surface area (Å²) >= 11 is 14.1. The van der Waals surface area contributed by atoms with Gasteiger partial charge in [-0.1, -0.05) is 70.9 Å². The van der Waals surface area contributed by atoms with Gasteiger partial charge in [0.25, 0.3) is 0 Å². The fourth-order valence-electron chi connectivity index (χ4n) is 5.10. The lowest BCUT2D eigenvalue weighted by atomic mass is 9.73. The first kappa shape index (κ1) is 19.6. The summed E-state index contributed by atoms with van der Waals surface area (Å²) in [6.45, 7) is 1.93. The maximum absolute atomic E-state index is 6.71. The van der Waals surface area contributed by atoms with Gasteiger partial charge in [0.1, 0.15) is 0 Å². The first-order valence-electron chi connectivity index (χ1n) is 10.4. The molecule has 31 heavy (non-hydrogen) atoms. The Balaban J connectivity index is 1.22. The Bertz CT molecular complexity index is 1260. The number of halogens is 2. The van der Waals surface area contributed by atoms with Crippen LogP contribution in [0, 0.1) is 5.41 Å². The number of imidazole rings is 1. The Hall–Kier alpha value is -2.12. The maximum atomic E-state index is 6.71. The van der Waals surface area contributed by atoms with E-state index in [1.807, 2.05) is 22.8 Å². The zero-order valence-electron chi connectivity index (χ0n) is 16.8. The van der Waals surface area contributed by atoms with E-state index in [0.717, 1.165) is 53.7 Å². The summed E-state index contributed by atoms with van der Waals surface area (Å²) in [4.78, 5) is 7.96. The lowest BCUT2D eigenvalue weighted by Crippen LogP contribution is -2.44. The summed E-state index contributed by atoms with van der Waals surface area (Å²) in [5.74, 6) is 0. The molecule has 1 atom stereocenters. The minimum Gasteiger partial charge on any atom is -0.347 e. The number of hydrogen-bond donors (Lipinski definition) is 1. The van der Waals surface area contributed by atoms with Crippen LogP contribution in [0.5, 0.6) is 0 Å². The number of hydrogen-bond acceptors (Lipinski definition) is 5. The van der Waals surface area contributed by atoms with Crippen LogP contribution in [-0.4, -0.2) is 27.7 Å². The highest BCUT2D eigenvalue weighted by Crippen LogP contribution is 2.51. The number of anilines is 1. The zero-order valence-corrected chi connectivity index (χ0v) is 19.1. The molecule has 5 nitrogen and oxygen atoms in total. The Morgan fingerprint density at radius 1 is 1.06 bits per heavy atom.